The average Bonchev–Trinajstić information content (AvgIpc) is 2.98. The Morgan fingerprint density at radius 1 is 1.13 bits per heavy atom. The Hall–Kier alpha value is -3.61. The molecule has 4 amide bonds. The lowest BCUT2D eigenvalue weighted by Crippen LogP contribution is -2.38. The number of ether oxygens (including phenoxy) is 1. The van der Waals surface area contributed by atoms with E-state index in [0.29, 0.717) is 18.0 Å². The van der Waals surface area contributed by atoms with Gasteiger partial charge in [0.05, 0.1) is 18.7 Å². The van der Waals surface area contributed by atoms with Crippen molar-refractivity contribution in [1.82, 2.24) is 4.90 Å². The van der Waals surface area contributed by atoms with Crippen LogP contribution < -0.4 is 15.0 Å². The molecule has 1 heterocycles. The molecule has 0 spiro atoms. The molecule has 31 heavy (non-hydrogen) atoms. The van der Waals surface area contributed by atoms with Gasteiger partial charge >= 0.3 is 6.03 Å². The van der Waals surface area contributed by atoms with Crippen molar-refractivity contribution in [3.8, 4) is 5.75 Å². The van der Waals surface area contributed by atoms with Gasteiger partial charge in [-0.3, -0.25) is 9.59 Å². The largest absolute Gasteiger partial charge is 0.494 e. The van der Waals surface area contributed by atoms with E-state index in [2.05, 4.69) is 11.9 Å². The molecule has 1 fully saturated rings. The van der Waals surface area contributed by atoms with Gasteiger partial charge in [-0.25, -0.2) is 9.69 Å². The van der Waals surface area contributed by atoms with E-state index < -0.39 is 18.0 Å². The van der Waals surface area contributed by atoms with Crippen LogP contribution >= 0.6 is 0 Å². The van der Waals surface area contributed by atoms with E-state index in [4.69, 9.17) is 4.74 Å². The molecule has 7 heteroatoms. The third kappa shape index (κ3) is 5.12. The number of carbonyl (C=O) groups excluding carboxylic acids is 3. The molecule has 1 aliphatic rings. The van der Waals surface area contributed by atoms with Gasteiger partial charge in [-0.15, -0.1) is 6.58 Å². The normalized spacial score (nSPS) is 15.9. The topological polar surface area (TPSA) is 79.0 Å². The summed E-state index contributed by atoms with van der Waals surface area (Å²) in [5.74, 6) is -0.0512. The summed E-state index contributed by atoms with van der Waals surface area (Å²) in [5, 5.41) is 2.78. The van der Waals surface area contributed by atoms with E-state index in [1.165, 1.54) is 4.90 Å². The highest BCUT2D eigenvalue weighted by Gasteiger charge is 2.46. The Balaban J connectivity index is 1.71. The molecule has 1 N–H and O–H groups in total. The number of benzene rings is 2. The summed E-state index contributed by atoms with van der Waals surface area (Å²) in [5.41, 5.74) is 2.10. The highest BCUT2D eigenvalue weighted by Crippen LogP contribution is 2.27. The molecule has 7 nitrogen and oxygen atoms in total. The van der Waals surface area contributed by atoms with Crippen LogP contribution in [0.1, 0.15) is 25.3 Å². The number of hydrogen-bond donors (Lipinski definition) is 1. The lowest BCUT2D eigenvalue weighted by Gasteiger charge is -2.19. The maximum absolute atomic E-state index is 13.1. The van der Waals surface area contributed by atoms with Crippen molar-refractivity contribution in [2.75, 3.05) is 23.4 Å². The maximum atomic E-state index is 13.1. The maximum Gasteiger partial charge on any atom is 0.332 e. The summed E-state index contributed by atoms with van der Waals surface area (Å²) in [6.45, 7) is 8.42. The lowest BCUT2D eigenvalue weighted by molar-refractivity contribution is -0.124. The minimum Gasteiger partial charge on any atom is -0.494 e. The van der Waals surface area contributed by atoms with Gasteiger partial charge < -0.3 is 15.0 Å². The zero-order chi connectivity index (χ0) is 22.4. The Morgan fingerprint density at radius 3 is 2.42 bits per heavy atom. The summed E-state index contributed by atoms with van der Waals surface area (Å²) in [6, 6.07) is 12.8. The van der Waals surface area contributed by atoms with E-state index in [0.717, 1.165) is 22.6 Å². The SMILES string of the molecule is C=CCN1C(=O)N(c2ccc(C)cc2)C(=O)[C@H]1CC(=O)Nc1ccc(OCCC)cc1. The van der Waals surface area contributed by atoms with Gasteiger partial charge in [-0.1, -0.05) is 30.7 Å². The summed E-state index contributed by atoms with van der Waals surface area (Å²) in [7, 11) is 0. The zero-order valence-corrected chi connectivity index (χ0v) is 17.8. The standard InChI is InChI=1S/C24H27N3O4/c1-4-14-26-21(23(29)27(24(26)30)19-10-6-17(3)7-11-19)16-22(28)25-18-8-12-20(13-9-18)31-15-5-2/h4,6-13,21H,1,5,14-16H2,2-3H3,(H,25,28)/t21-/m1/s1. The van der Waals surface area contributed by atoms with Crippen molar-refractivity contribution >= 4 is 29.2 Å². The number of aryl methyl sites for hydroxylation is 1. The van der Waals surface area contributed by atoms with E-state index in [9.17, 15) is 14.4 Å². The summed E-state index contributed by atoms with van der Waals surface area (Å²) >= 11 is 0. The third-order valence-corrected chi connectivity index (χ3v) is 4.93. The van der Waals surface area contributed by atoms with Crippen molar-refractivity contribution in [1.29, 1.82) is 0 Å². The number of rotatable bonds is 9. The van der Waals surface area contributed by atoms with Crippen molar-refractivity contribution in [2.24, 2.45) is 0 Å². The number of imide groups is 1. The van der Waals surface area contributed by atoms with Crippen molar-refractivity contribution in [3.63, 3.8) is 0 Å². The van der Waals surface area contributed by atoms with Crippen molar-refractivity contribution in [2.45, 2.75) is 32.7 Å². The predicted octanol–water partition coefficient (Wildman–Crippen LogP) is 4.14. The van der Waals surface area contributed by atoms with Gasteiger partial charge in [-0.2, -0.15) is 0 Å². The van der Waals surface area contributed by atoms with Crippen molar-refractivity contribution < 1.29 is 19.1 Å². The molecule has 0 bridgehead atoms. The van der Waals surface area contributed by atoms with E-state index >= 15 is 0 Å². The van der Waals surface area contributed by atoms with E-state index in [-0.39, 0.29) is 18.9 Å². The number of nitrogens with one attached hydrogen (secondary N) is 1. The van der Waals surface area contributed by atoms with Crippen LogP contribution in [0.5, 0.6) is 5.75 Å². The minimum absolute atomic E-state index is 0.144. The van der Waals surface area contributed by atoms with Crippen LogP contribution in [0.15, 0.2) is 61.2 Å². The smallest absolute Gasteiger partial charge is 0.332 e. The number of amides is 4. The van der Waals surface area contributed by atoms with E-state index in [1.54, 1.807) is 42.5 Å². The Morgan fingerprint density at radius 2 is 1.81 bits per heavy atom. The van der Waals surface area contributed by atoms with E-state index in [1.807, 2.05) is 26.0 Å². The highest BCUT2D eigenvalue weighted by molar-refractivity contribution is 6.22. The number of nitrogens with zero attached hydrogens (tertiary/aromatic N) is 2. The van der Waals surface area contributed by atoms with Crippen LogP contribution in [0.2, 0.25) is 0 Å². The molecule has 2 aromatic carbocycles. The first-order chi connectivity index (χ1) is 14.9. The number of hydrogen-bond acceptors (Lipinski definition) is 4. The van der Waals surface area contributed by atoms with Crippen LogP contribution in [0, 0.1) is 6.92 Å². The highest BCUT2D eigenvalue weighted by atomic mass is 16.5. The Bertz CT molecular complexity index is 954. The van der Waals surface area contributed by atoms with Crippen LogP contribution in [0.25, 0.3) is 0 Å². The quantitative estimate of drug-likeness (QED) is 0.488. The fourth-order valence-corrected chi connectivity index (χ4v) is 3.35. The molecule has 0 saturated carbocycles. The van der Waals surface area contributed by atoms with Crippen LogP contribution in [-0.2, 0) is 9.59 Å². The molecule has 0 aliphatic carbocycles. The van der Waals surface area contributed by atoms with Gasteiger partial charge in [0.15, 0.2) is 0 Å². The second-order valence-corrected chi connectivity index (χ2v) is 7.37. The molecular formula is C24H27N3O4. The second kappa shape index (κ2) is 9.93. The molecule has 2 aromatic rings. The predicted molar refractivity (Wildman–Crippen MR) is 120 cm³/mol. The number of urea groups is 1. The Labute approximate surface area is 182 Å². The second-order valence-electron chi connectivity index (χ2n) is 7.37. The van der Waals surface area contributed by atoms with Gasteiger partial charge in [0, 0.05) is 12.2 Å². The first kappa shape index (κ1) is 22.1. The first-order valence-electron chi connectivity index (χ1n) is 10.3. The van der Waals surface area contributed by atoms with Gasteiger partial charge in [0.25, 0.3) is 5.91 Å². The number of anilines is 2. The molecule has 0 aromatic heterocycles. The third-order valence-electron chi connectivity index (χ3n) is 4.93. The molecule has 0 unspecified atom stereocenters. The summed E-state index contributed by atoms with van der Waals surface area (Å²) < 4.78 is 5.53. The molecule has 0 radical (unpaired) electrons. The lowest BCUT2D eigenvalue weighted by atomic mass is 10.1. The van der Waals surface area contributed by atoms with Crippen LogP contribution in [-0.4, -0.2) is 41.9 Å². The fraction of sp³-hybridized carbons (Fsp3) is 0.292. The summed E-state index contributed by atoms with van der Waals surface area (Å²) in [6.07, 6.45) is 2.31. The molecular weight excluding hydrogens is 394 g/mol. The first-order valence-corrected chi connectivity index (χ1v) is 10.3. The minimum atomic E-state index is -0.890. The average molecular weight is 421 g/mol. The Kier molecular flexibility index (Phi) is 7.07. The molecule has 1 atom stereocenters. The monoisotopic (exact) mass is 421 g/mol. The van der Waals surface area contributed by atoms with Gasteiger partial charge in [0.2, 0.25) is 5.91 Å². The molecule has 1 saturated heterocycles. The van der Waals surface area contributed by atoms with Crippen molar-refractivity contribution in [3.05, 3.63) is 66.7 Å². The molecule has 3 rings (SSSR count). The molecule has 1 aliphatic heterocycles. The molecule has 162 valence electrons. The van der Waals surface area contributed by atoms with Gasteiger partial charge in [0.1, 0.15) is 11.8 Å². The van der Waals surface area contributed by atoms with Crippen LogP contribution in [0.4, 0.5) is 16.2 Å². The van der Waals surface area contributed by atoms with Crippen LogP contribution in [0.3, 0.4) is 0 Å². The fourth-order valence-electron chi connectivity index (χ4n) is 3.35. The van der Waals surface area contributed by atoms with Gasteiger partial charge in [-0.05, 0) is 49.7 Å². The summed E-state index contributed by atoms with van der Waals surface area (Å²) in [4.78, 5) is 41.1. The zero-order valence-electron chi connectivity index (χ0n) is 17.8. The number of carbonyl (C=O) groups is 3.